The summed E-state index contributed by atoms with van der Waals surface area (Å²) in [4.78, 5) is 21.2. The number of pyridine rings is 2. The van der Waals surface area contributed by atoms with E-state index in [1.165, 1.54) is 22.9 Å². The zero-order valence-electron chi connectivity index (χ0n) is 18.5. The Balaban J connectivity index is 1.41. The van der Waals surface area contributed by atoms with E-state index in [0.717, 1.165) is 11.1 Å². The van der Waals surface area contributed by atoms with Gasteiger partial charge in [-0.15, -0.1) is 0 Å². The van der Waals surface area contributed by atoms with Crippen molar-refractivity contribution < 1.29 is 13.9 Å². The third-order valence-corrected chi connectivity index (χ3v) is 5.48. The third-order valence-electron chi connectivity index (χ3n) is 5.48. The van der Waals surface area contributed by atoms with Crippen LogP contribution in [0.2, 0.25) is 0 Å². The third kappa shape index (κ3) is 3.90. The van der Waals surface area contributed by atoms with Crippen molar-refractivity contribution in [3.8, 4) is 17.3 Å². The summed E-state index contributed by atoms with van der Waals surface area (Å²) in [6, 6.07) is 11.1. The predicted octanol–water partition coefficient (Wildman–Crippen LogP) is 3.40. The van der Waals surface area contributed by atoms with Gasteiger partial charge in [0, 0.05) is 30.3 Å². The summed E-state index contributed by atoms with van der Waals surface area (Å²) in [7, 11) is 3.13. The minimum Gasteiger partial charge on any atom is -0.495 e. The summed E-state index contributed by atoms with van der Waals surface area (Å²) in [6.07, 6.45) is 5.03. The Bertz CT molecular complexity index is 1560. The molecule has 0 aliphatic heterocycles. The lowest BCUT2D eigenvalue weighted by atomic mass is 10.2. The van der Waals surface area contributed by atoms with Crippen LogP contribution in [-0.2, 0) is 6.54 Å². The number of rotatable bonds is 7. The van der Waals surface area contributed by atoms with Crippen molar-refractivity contribution >= 4 is 27.6 Å². The van der Waals surface area contributed by atoms with Gasteiger partial charge < -0.3 is 14.8 Å². The lowest BCUT2D eigenvalue weighted by Crippen LogP contribution is -2.26. The molecular formula is C24H21FN6O3. The van der Waals surface area contributed by atoms with Crippen LogP contribution in [0.25, 0.3) is 27.8 Å². The van der Waals surface area contributed by atoms with Gasteiger partial charge in [0.2, 0.25) is 0 Å². The van der Waals surface area contributed by atoms with Crippen molar-refractivity contribution in [2.75, 3.05) is 26.1 Å². The molecule has 5 aromatic rings. The summed E-state index contributed by atoms with van der Waals surface area (Å²) in [6.45, 7) is 0.727. The highest BCUT2D eigenvalue weighted by Crippen LogP contribution is 2.30. The fourth-order valence-corrected chi connectivity index (χ4v) is 3.81. The Kier molecular flexibility index (Phi) is 5.54. The number of hydrogen-bond acceptors (Lipinski definition) is 7. The Hall–Kier alpha value is -4.47. The minimum atomic E-state index is -0.372. The molecular weight excluding hydrogens is 439 g/mol. The van der Waals surface area contributed by atoms with Crippen molar-refractivity contribution in [2.45, 2.75) is 6.54 Å². The molecule has 0 saturated heterocycles. The Morgan fingerprint density at radius 1 is 1.06 bits per heavy atom. The first-order valence-electron chi connectivity index (χ1n) is 10.5. The number of ether oxygens (including phenoxy) is 2. The van der Waals surface area contributed by atoms with Crippen LogP contribution < -0.4 is 20.3 Å². The van der Waals surface area contributed by atoms with Crippen LogP contribution in [0.5, 0.6) is 11.5 Å². The highest BCUT2D eigenvalue weighted by Gasteiger charge is 2.13. The molecule has 4 heterocycles. The maximum atomic E-state index is 13.9. The molecule has 5 rings (SSSR count). The van der Waals surface area contributed by atoms with Gasteiger partial charge in [-0.1, -0.05) is 0 Å². The van der Waals surface area contributed by atoms with E-state index in [9.17, 15) is 9.18 Å². The Morgan fingerprint density at radius 3 is 2.76 bits per heavy atom. The van der Waals surface area contributed by atoms with Crippen LogP contribution in [0.3, 0.4) is 0 Å². The highest BCUT2D eigenvalue weighted by molar-refractivity contribution is 5.88. The van der Waals surface area contributed by atoms with Gasteiger partial charge >= 0.3 is 0 Å². The molecule has 0 spiro atoms. The van der Waals surface area contributed by atoms with Gasteiger partial charge in [-0.2, -0.15) is 5.10 Å². The van der Waals surface area contributed by atoms with Gasteiger partial charge in [-0.25, -0.2) is 14.1 Å². The molecule has 0 fully saturated rings. The number of fused-ring (bicyclic) bond motifs is 2. The lowest BCUT2D eigenvalue weighted by molar-refractivity contribution is 0.413. The molecule has 9 nitrogen and oxygen atoms in total. The monoisotopic (exact) mass is 460 g/mol. The SMILES string of the molecule is COc1cnc2c(NCCn3nc(-n4cc(OC)c5ccc(F)cc54)ccc3=O)ccnc2c1. The van der Waals surface area contributed by atoms with Gasteiger partial charge in [0.1, 0.15) is 22.8 Å². The summed E-state index contributed by atoms with van der Waals surface area (Å²) >= 11 is 0. The average Bonchev–Trinajstić information content (AvgIpc) is 3.22. The van der Waals surface area contributed by atoms with Crippen LogP contribution in [0.1, 0.15) is 0 Å². The molecule has 0 atom stereocenters. The van der Waals surface area contributed by atoms with E-state index in [1.807, 2.05) is 12.1 Å². The number of aromatic nitrogens is 5. The van der Waals surface area contributed by atoms with Gasteiger partial charge in [-0.05, 0) is 30.3 Å². The number of methoxy groups -OCH3 is 2. The van der Waals surface area contributed by atoms with Crippen molar-refractivity contribution in [3.05, 3.63) is 77.2 Å². The Morgan fingerprint density at radius 2 is 1.94 bits per heavy atom. The maximum absolute atomic E-state index is 13.9. The summed E-state index contributed by atoms with van der Waals surface area (Å²) in [5, 5.41) is 8.53. The van der Waals surface area contributed by atoms with Crippen LogP contribution in [0.15, 0.2) is 65.8 Å². The van der Waals surface area contributed by atoms with Crippen LogP contribution >= 0.6 is 0 Å². The number of hydrogen-bond donors (Lipinski definition) is 1. The fraction of sp³-hybridized carbons (Fsp3) is 0.167. The Labute approximate surface area is 193 Å². The second-order valence-electron chi connectivity index (χ2n) is 7.51. The summed E-state index contributed by atoms with van der Waals surface area (Å²) < 4.78 is 27.6. The normalized spacial score (nSPS) is 11.1. The number of halogens is 1. The number of benzene rings is 1. The van der Waals surface area contributed by atoms with Gasteiger partial charge in [0.25, 0.3) is 5.56 Å². The van der Waals surface area contributed by atoms with E-state index in [2.05, 4.69) is 20.4 Å². The lowest BCUT2D eigenvalue weighted by Gasteiger charge is -2.11. The second-order valence-corrected chi connectivity index (χ2v) is 7.51. The molecule has 0 unspecified atom stereocenters. The number of anilines is 1. The molecule has 0 saturated carbocycles. The van der Waals surface area contributed by atoms with Gasteiger partial charge in [0.05, 0.1) is 49.9 Å². The molecule has 0 aliphatic carbocycles. The molecule has 1 aromatic carbocycles. The smallest absolute Gasteiger partial charge is 0.266 e. The first-order valence-corrected chi connectivity index (χ1v) is 10.5. The van der Waals surface area contributed by atoms with E-state index < -0.39 is 0 Å². The standard InChI is InChI=1S/C24H21FN6O3/c1-33-16-12-19-24(28-13-16)18(7-8-26-19)27-9-10-31-23(32)6-5-22(29-31)30-14-21(34-2)17-4-3-15(25)11-20(17)30/h3-8,11-14H,9-10H2,1-2H3,(H,26,27). The fourth-order valence-electron chi connectivity index (χ4n) is 3.81. The van der Waals surface area contributed by atoms with E-state index in [0.29, 0.717) is 47.0 Å². The molecule has 0 aliphatic rings. The zero-order chi connectivity index (χ0) is 23.7. The van der Waals surface area contributed by atoms with Crippen molar-refractivity contribution in [1.82, 2.24) is 24.3 Å². The predicted molar refractivity (Wildman–Crippen MR) is 126 cm³/mol. The van der Waals surface area contributed by atoms with Crippen LogP contribution in [-0.4, -0.2) is 45.1 Å². The van der Waals surface area contributed by atoms with Crippen molar-refractivity contribution in [3.63, 3.8) is 0 Å². The second kappa shape index (κ2) is 8.81. The quantitative estimate of drug-likeness (QED) is 0.398. The minimum absolute atomic E-state index is 0.248. The molecule has 0 bridgehead atoms. The van der Waals surface area contributed by atoms with Crippen LogP contribution in [0.4, 0.5) is 10.1 Å². The molecule has 34 heavy (non-hydrogen) atoms. The van der Waals surface area contributed by atoms with E-state index in [-0.39, 0.29) is 11.4 Å². The van der Waals surface area contributed by atoms with E-state index in [1.54, 1.807) is 49.5 Å². The molecule has 10 heteroatoms. The average molecular weight is 460 g/mol. The first kappa shape index (κ1) is 21.4. The number of nitrogens with zero attached hydrogens (tertiary/aromatic N) is 5. The molecule has 172 valence electrons. The van der Waals surface area contributed by atoms with Gasteiger partial charge in [0.15, 0.2) is 5.82 Å². The molecule has 0 amide bonds. The van der Waals surface area contributed by atoms with Crippen molar-refractivity contribution in [1.29, 1.82) is 0 Å². The van der Waals surface area contributed by atoms with Crippen LogP contribution in [0, 0.1) is 5.82 Å². The first-order chi connectivity index (χ1) is 16.6. The summed E-state index contributed by atoms with van der Waals surface area (Å²) in [5.74, 6) is 1.31. The topological polar surface area (TPSA) is 96.1 Å². The number of nitrogens with one attached hydrogen (secondary N) is 1. The van der Waals surface area contributed by atoms with E-state index >= 15 is 0 Å². The van der Waals surface area contributed by atoms with Crippen molar-refractivity contribution in [2.24, 2.45) is 0 Å². The zero-order valence-corrected chi connectivity index (χ0v) is 18.5. The largest absolute Gasteiger partial charge is 0.495 e. The highest BCUT2D eigenvalue weighted by atomic mass is 19.1. The molecule has 0 radical (unpaired) electrons. The molecule has 1 N–H and O–H groups in total. The maximum Gasteiger partial charge on any atom is 0.266 e. The molecule has 4 aromatic heterocycles. The van der Waals surface area contributed by atoms with Gasteiger partial charge in [-0.3, -0.25) is 14.3 Å². The van der Waals surface area contributed by atoms with E-state index in [4.69, 9.17) is 9.47 Å². The summed E-state index contributed by atoms with van der Waals surface area (Å²) in [5.41, 5.74) is 2.53.